The van der Waals surface area contributed by atoms with Crippen molar-refractivity contribution >= 4 is 43.9 Å². The molecular formula is C37H26N4Pt. The zero-order valence-electron chi connectivity index (χ0n) is 23.2. The quantitative estimate of drug-likeness (QED) is 0.171. The normalized spacial score (nSPS) is 11.9. The van der Waals surface area contributed by atoms with Crippen molar-refractivity contribution in [2.75, 3.05) is 0 Å². The molecule has 0 bridgehead atoms. The second-order valence-corrected chi connectivity index (χ2v) is 11.0. The van der Waals surface area contributed by atoms with Gasteiger partial charge >= 0.3 is 21.1 Å². The summed E-state index contributed by atoms with van der Waals surface area (Å²) in [5.41, 5.74) is 7.52. The Labute approximate surface area is 258 Å². The molecule has 0 saturated carbocycles. The van der Waals surface area contributed by atoms with Gasteiger partial charge in [0.1, 0.15) is 11.3 Å². The van der Waals surface area contributed by atoms with Crippen LogP contribution in [0.3, 0.4) is 0 Å². The summed E-state index contributed by atoms with van der Waals surface area (Å²) in [6.07, 6.45) is 0. The summed E-state index contributed by atoms with van der Waals surface area (Å²) in [4.78, 5) is 10.7. The second kappa shape index (κ2) is 10.1. The third-order valence-corrected chi connectivity index (χ3v) is 8.19. The van der Waals surface area contributed by atoms with E-state index in [0.29, 0.717) is 0 Å². The number of nitrogens with zero attached hydrogens (tertiary/aromatic N) is 4. The molecule has 8 rings (SSSR count). The molecule has 204 valence electrons. The van der Waals surface area contributed by atoms with Crippen molar-refractivity contribution in [3.8, 4) is 11.4 Å². The van der Waals surface area contributed by atoms with Gasteiger partial charge in [0.2, 0.25) is 0 Å². The first-order valence-corrected chi connectivity index (χ1v) is 13.9. The van der Waals surface area contributed by atoms with Crippen molar-refractivity contribution in [3.63, 3.8) is 0 Å². The number of para-hydroxylation sites is 4. The number of rotatable bonds is 4. The predicted molar refractivity (Wildman–Crippen MR) is 167 cm³/mol. The van der Waals surface area contributed by atoms with E-state index in [9.17, 15) is 0 Å². The van der Waals surface area contributed by atoms with Gasteiger partial charge in [-0.1, -0.05) is 47.8 Å². The van der Waals surface area contributed by atoms with E-state index >= 15 is 0 Å². The molecule has 0 fully saturated rings. The van der Waals surface area contributed by atoms with Crippen LogP contribution >= 0.6 is 0 Å². The Morgan fingerprint density at radius 1 is 0.500 bits per heavy atom. The first-order valence-electron chi connectivity index (χ1n) is 13.9. The Morgan fingerprint density at radius 2 is 0.929 bits per heavy atom. The number of hydrogen-bond donors (Lipinski definition) is 0. The fraction of sp³-hybridized carbons (Fsp3) is 0.0811. The van der Waals surface area contributed by atoms with Gasteiger partial charge in [0, 0.05) is 27.0 Å². The second-order valence-electron chi connectivity index (χ2n) is 11.0. The van der Waals surface area contributed by atoms with E-state index < -0.39 is 5.41 Å². The van der Waals surface area contributed by atoms with Gasteiger partial charge in [-0.25, -0.2) is 9.97 Å². The van der Waals surface area contributed by atoms with Crippen molar-refractivity contribution in [3.05, 3.63) is 145 Å². The van der Waals surface area contributed by atoms with E-state index in [1.54, 1.807) is 0 Å². The number of pyridine rings is 2. The number of aromatic nitrogens is 4. The minimum absolute atomic E-state index is 0. The van der Waals surface area contributed by atoms with Crippen molar-refractivity contribution in [1.29, 1.82) is 0 Å². The largest absolute Gasteiger partial charge is 2.00 e. The fourth-order valence-electron chi connectivity index (χ4n) is 6.04. The maximum atomic E-state index is 5.33. The first-order chi connectivity index (χ1) is 20.1. The average molecular weight is 722 g/mol. The van der Waals surface area contributed by atoms with Gasteiger partial charge < -0.3 is 9.13 Å². The van der Waals surface area contributed by atoms with E-state index in [1.165, 1.54) is 10.8 Å². The van der Waals surface area contributed by atoms with Gasteiger partial charge in [0.15, 0.2) is 0 Å². The van der Waals surface area contributed by atoms with Crippen LogP contribution in [0.25, 0.3) is 55.2 Å². The molecule has 0 aliphatic heterocycles. The van der Waals surface area contributed by atoms with Crippen molar-refractivity contribution in [2.45, 2.75) is 19.3 Å². The molecule has 8 aromatic rings. The summed E-state index contributed by atoms with van der Waals surface area (Å²) in [5.74, 6) is 0. The molecule has 4 aromatic heterocycles. The molecule has 4 nitrogen and oxygen atoms in total. The Bertz CT molecular complexity index is 2070. The fourth-order valence-corrected chi connectivity index (χ4v) is 6.04. The molecule has 0 unspecified atom stereocenters. The van der Waals surface area contributed by atoms with Gasteiger partial charge in [0.05, 0.1) is 22.4 Å². The van der Waals surface area contributed by atoms with Crippen molar-refractivity contribution in [1.82, 2.24) is 19.1 Å². The van der Waals surface area contributed by atoms with E-state index in [2.05, 4.69) is 120 Å². The molecule has 0 aliphatic rings. The minimum Gasteiger partial charge on any atom is -0.318 e. The zero-order valence-corrected chi connectivity index (χ0v) is 25.4. The summed E-state index contributed by atoms with van der Waals surface area (Å²) in [5, 5.41) is 4.61. The standard InChI is InChI=1S/C37H26N4.Pt/c1-37(2,33-23-21-29-27-17-9-11-19-31(27)40(35(29)38-33)25-13-5-3-6-14-25)34-24-22-30-28-18-10-12-20-32(28)41(36(30)39-34)26-15-7-4-8-16-26;/h3-13,15,17-24H,1-2H3;/q-2;+2. The summed E-state index contributed by atoms with van der Waals surface area (Å²) in [6, 6.07) is 48.6. The summed E-state index contributed by atoms with van der Waals surface area (Å²) >= 11 is 0. The van der Waals surface area contributed by atoms with Gasteiger partial charge in [-0.15, -0.1) is 12.1 Å². The molecule has 0 saturated heterocycles. The number of fused-ring (bicyclic) bond motifs is 6. The van der Waals surface area contributed by atoms with E-state index in [4.69, 9.17) is 9.97 Å². The molecule has 42 heavy (non-hydrogen) atoms. The van der Waals surface area contributed by atoms with Gasteiger partial charge in [-0.3, -0.25) is 0 Å². The topological polar surface area (TPSA) is 35.6 Å². The average Bonchev–Trinajstić information content (AvgIpc) is 3.54. The Morgan fingerprint density at radius 3 is 1.36 bits per heavy atom. The van der Waals surface area contributed by atoms with Crippen LogP contribution in [-0.2, 0) is 26.5 Å². The van der Waals surface area contributed by atoms with E-state index in [-0.39, 0.29) is 21.1 Å². The van der Waals surface area contributed by atoms with Crippen LogP contribution in [0.2, 0.25) is 0 Å². The third kappa shape index (κ3) is 3.94. The van der Waals surface area contributed by atoms with E-state index in [1.807, 2.05) is 36.4 Å². The summed E-state index contributed by atoms with van der Waals surface area (Å²) in [7, 11) is 0. The SMILES string of the molecule is CC(C)(c1ccc2c3ccccc3n(-c3[c-]cccc3)c2n1)c1ccc2c3ccccc3n(-c3[c-]cccc3)c2n1.[Pt+2]. The molecule has 0 atom stereocenters. The molecule has 0 N–H and O–H groups in total. The Hall–Kier alpha value is -4.53. The van der Waals surface area contributed by atoms with Crippen LogP contribution in [0.5, 0.6) is 0 Å². The van der Waals surface area contributed by atoms with E-state index in [0.717, 1.165) is 55.9 Å². The number of hydrogen-bond acceptors (Lipinski definition) is 2. The monoisotopic (exact) mass is 721 g/mol. The molecule has 0 spiro atoms. The smallest absolute Gasteiger partial charge is 0.318 e. The predicted octanol–water partition coefficient (Wildman–Crippen LogP) is 8.59. The summed E-state index contributed by atoms with van der Waals surface area (Å²) in [6.45, 7) is 4.41. The van der Waals surface area contributed by atoms with Gasteiger partial charge in [-0.2, -0.15) is 48.5 Å². The van der Waals surface area contributed by atoms with Crippen LogP contribution in [0.1, 0.15) is 25.2 Å². The molecule has 4 heterocycles. The minimum atomic E-state index is -0.453. The van der Waals surface area contributed by atoms with Gasteiger partial charge in [0.25, 0.3) is 0 Å². The molecule has 4 aromatic carbocycles. The first kappa shape index (κ1) is 26.4. The molecule has 0 aliphatic carbocycles. The Kier molecular flexibility index (Phi) is 6.33. The third-order valence-electron chi connectivity index (χ3n) is 8.19. The molecule has 5 heteroatoms. The Balaban J connectivity index is 0.00000288. The number of benzene rings is 4. The maximum absolute atomic E-state index is 5.33. The van der Waals surface area contributed by atoms with Crippen LogP contribution in [-0.4, -0.2) is 19.1 Å². The van der Waals surface area contributed by atoms with Crippen LogP contribution < -0.4 is 0 Å². The van der Waals surface area contributed by atoms with Crippen molar-refractivity contribution < 1.29 is 21.1 Å². The molecular weight excluding hydrogens is 696 g/mol. The van der Waals surface area contributed by atoms with Gasteiger partial charge in [-0.05, 0) is 50.2 Å². The zero-order chi connectivity index (χ0) is 27.6. The van der Waals surface area contributed by atoms with Crippen LogP contribution in [0.15, 0.2) is 121 Å². The summed E-state index contributed by atoms with van der Waals surface area (Å²) < 4.78 is 4.42. The maximum Gasteiger partial charge on any atom is 2.00 e. The molecule has 0 amide bonds. The molecule has 0 radical (unpaired) electrons. The van der Waals surface area contributed by atoms with Crippen LogP contribution in [0, 0.1) is 12.1 Å². The van der Waals surface area contributed by atoms with Crippen LogP contribution in [0.4, 0.5) is 0 Å². The van der Waals surface area contributed by atoms with Crippen molar-refractivity contribution in [2.24, 2.45) is 0 Å².